The van der Waals surface area contributed by atoms with Gasteiger partial charge in [0.1, 0.15) is 5.82 Å². The van der Waals surface area contributed by atoms with Gasteiger partial charge in [-0.2, -0.15) is 0 Å². The molecule has 0 bridgehead atoms. The van der Waals surface area contributed by atoms with Gasteiger partial charge in [-0.1, -0.05) is 24.3 Å². The van der Waals surface area contributed by atoms with Crippen LogP contribution in [0.1, 0.15) is 24.6 Å². The molecule has 20 heavy (non-hydrogen) atoms. The van der Waals surface area contributed by atoms with Crippen molar-refractivity contribution in [1.29, 1.82) is 0 Å². The quantitative estimate of drug-likeness (QED) is 0.923. The largest absolute Gasteiger partial charge is 0.373 e. The number of anilines is 2. The second-order valence-corrected chi connectivity index (χ2v) is 5.41. The van der Waals surface area contributed by atoms with Crippen molar-refractivity contribution in [3.63, 3.8) is 0 Å². The molecule has 1 aromatic heterocycles. The number of rotatable bonds is 3. The first-order chi connectivity index (χ1) is 9.78. The molecule has 0 radical (unpaired) electrons. The number of hydrogen-bond acceptors (Lipinski definition) is 3. The van der Waals surface area contributed by atoms with E-state index in [1.807, 2.05) is 13.1 Å². The zero-order chi connectivity index (χ0) is 13.9. The molecule has 0 saturated heterocycles. The van der Waals surface area contributed by atoms with Gasteiger partial charge in [0.2, 0.25) is 0 Å². The Morgan fingerprint density at radius 1 is 1.20 bits per heavy atom. The molecule has 2 aromatic rings. The van der Waals surface area contributed by atoms with Crippen LogP contribution in [0, 0.1) is 0 Å². The van der Waals surface area contributed by atoms with E-state index in [2.05, 4.69) is 58.5 Å². The Labute approximate surface area is 120 Å². The van der Waals surface area contributed by atoms with Crippen LogP contribution in [-0.2, 0) is 13.0 Å². The van der Waals surface area contributed by atoms with Gasteiger partial charge in [-0.3, -0.25) is 0 Å². The van der Waals surface area contributed by atoms with Crippen molar-refractivity contribution in [2.24, 2.45) is 0 Å². The summed E-state index contributed by atoms with van der Waals surface area (Å²) in [6.07, 6.45) is 2.39. The second-order valence-electron chi connectivity index (χ2n) is 5.41. The average molecular weight is 267 g/mol. The van der Waals surface area contributed by atoms with Crippen LogP contribution < -0.4 is 10.2 Å². The molecule has 1 unspecified atom stereocenters. The highest BCUT2D eigenvalue weighted by Gasteiger charge is 2.22. The van der Waals surface area contributed by atoms with E-state index in [0.717, 1.165) is 18.1 Å². The summed E-state index contributed by atoms with van der Waals surface area (Å²) in [5.74, 6) is 0.931. The predicted molar refractivity (Wildman–Crippen MR) is 84.2 cm³/mol. The maximum absolute atomic E-state index is 4.64. The van der Waals surface area contributed by atoms with Gasteiger partial charge in [0.25, 0.3) is 0 Å². The Bertz CT molecular complexity index is 594. The summed E-state index contributed by atoms with van der Waals surface area (Å²) >= 11 is 0. The highest BCUT2D eigenvalue weighted by Crippen LogP contribution is 2.31. The van der Waals surface area contributed by atoms with Gasteiger partial charge < -0.3 is 10.2 Å². The molecule has 0 fully saturated rings. The number of benzene rings is 1. The molecule has 1 aliphatic rings. The highest BCUT2D eigenvalue weighted by molar-refractivity contribution is 5.56. The molecule has 3 heteroatoms. The van der Waals surface area contributed by atoms with Gasteiger partial charge in [0.15, 0.2) is 0 Å². The SMILES string of the molecule is CNc1cccc(CN2c3ccccc3CCC2C)n1. The van der Waals surface area contributed by atoms with Crippen molar-refractivity contribution in [2.45, 2.75) is 32.4 Å². The lowest BCUT2D eigenvalue weighted by atomic mass is 9.96. The maximum Gasteiger partial charge on any atom is 0.126 e. The molecular weight excluding hydrogens is 246 g/mol. The van der Waals surface area contributed by atoms with Gasteiger partial charge in [-0.05, 0) is 43.5 Å². The zero-order valence-electron chi connectivity index (χ0n) is 12.1. The molecule has 1 aliphatic heterocycles. The lowest BCUT2D eigenvalue weighted by Gasteiger charge is -2.37. The van der Waals surface area contributed by atoms with Crippen LogP contribution in [0.3, 0.4) is 0 Å². The summed E-state index contributed by atoms with van der Waals surface area (Å²) < 4.78 is 0. The fraction of sp³-hybridized carbons (Fsp3) is 0.353. The molecule has 0 spiro atoms. The second kappa shape index (κ2) is 5.53. The van der Waals surface area contributed by atoms with Crippen molar-refractivity contribution in [1.82, 2.24) is 4.98 Å². The zero-order valence-corrected chi connectivity index (χ0v) is 12.1. The van der Waals surface area contributed by atoms with Crippen LogP contribution >= 0.6 is 0 Å². The lowest BCUT2D eigenvalue weighted by molar-refractivity contribution is 0.557. The summed E-state index contributed by atoms with van der Waals surface area (Å²) in [5, 5.41) is 3.11. The number of aromatic nitrogens is 1. The van der Waals surface area contributed by atoms with Gasteiger partial charge in [-0.15, -0.1) is 0 Å². The van der Waals surface area contributed by atoms with E-state index in [4.69, 9.17) is 0 Å². The summed E-state index contributed by atoms with van der Waals surface area (Å²) in [6.45, 7) is 3.17. The van der Waals surface area contributed by atoms with E-state index in [9.17, 15) is 0 Å². The number of nitrogens with one attached hydrogen (secondary N) is 1. The summed E-state index contributed by atoms with van der Waals surface area (Å²) in [6, 6.07) is 15.5. The summed E-state index contributed by atoms with van der Waals surface area (Å²) in [4.78, 5) is 7.11. The van der Waals surface area contributed by atoms with Crippen LogP contribution in [0.15, 0.2) is 42.5 Å². The first-order valence-electron chi connectivity index (χ1n) is 7.26. The van der Waals surface area contributed by atoms with Gasteiger partial charge >= 0.3 is 0 Å². The molecule has 0 saturated carbocycles. The topological polar surface area (TPSA) is 28.2 Å². The van der Waals surface area contributed by atoms with Crippen molar-refractivity contribution in [3.8, 4) is 0 Å². The minimum absolute atomic E-state index is 0.560. The van der Waals surface area contributed by atoms with Crippen LogP contribution in [-0.4, -0.2) is 18.1 Å². The molecule has 3 nitrogen and oxygen atoms in total. The lowest BCUT2D eigenvalue weighted by Crippen LogP contribution is -2.36. The molecule has 1 aromatic carbocycles. The molecule has 2 heterocycles. The molecule has 1 atom stereocenters. The third-order valence-electron chi connectivity index (χ3n) is 4.06. The van der Waals surface area contributed by atoms with Crippen molar-refractivity contribution in [3.05, 3.63) is 53.7 Å². The first-order valence-corrected chi connectivity index (χ1v) is 7.26. The number of aryl methyl sites for hydroxylation is 1. The van der Waals surface area contributed by atoms with Crippen molar-refractivity contribution < 1.29 is 0 Å². The fourth-order valence-electron chi connectivity index (χ4n) is 2.88. The van der Waals surface area contributed by atoms with Crippen molar-refractivity contribution in [2.75, 3.05) is 17.3 Å². The minimum atomic E-state index is 0.560. The van der Waals surface area contributed by atoms with Crippen molar-refractivity contribution >= 4 is 11.5 Å². The van der Waals surface area contributed by atoms with Gasteiger partial charge in [-0.25, -0.2) is 4.98 Å². The highest BCUT2D eigenvalue weighted by atomic mass is 15.2. The van der Waals surface area contributed by atoms with Crippen LogP contribution in [0.5, 0.6) is 0 Å². The Hall–Kier alpha value is -2.03. The molecule has 0 amide bonds. The normalized spacial score (nSPS) is 17.7. The van der Waals surface area contributed by atoms with E-state index in [0.29, 0.717) is 6.04 Å². The number of para-hydroxylation sites is 1. The Morgan fingerprint density at radius 2 is 2.05 bits per heavy atom. The Morgan fingerprint density at radius 3 is 2.90 bits per heavy atom. The van der Waals surface area contributed by atoms with Gasteiger partial charge in [0.05, 0.1) is 12.2 Å². The molecular formula is C17H21N3. The van der Waals surface area contributed by atoms with E-state index in [-0.39, 0.29) is 0 Å². The van der Waals surface area contributed by atoms with Crippen LogP contribution in [0.25, 0.3) is 0 Å². The number of fused-ring (bicyclic) bond motifs is 1. The third kappa shape index (κ3) is 2.48. The molecule has 1 N–H and O–H groups in total. The Kier molecular flexibility index (Phi) is 3.59. The standard InChI is InChI=1S/C17H21N3/c1-13-10-11-14-6-3-4-8-16(14)20(13)12-15-7-5-9-17(18-2)19-15/h3-9,13H,10-12H2,1-2H3,(H,18,19). The average Bonchev–Trinajstić information content (AvgIpc) is 2.50. The number of pyridine rings is 1. The van der Waals surface area contributed by atoms with Crippen LogP contribution in [0.4, 0.5) is 11.5 Å². The number of hydrogen-bond donors (Lipinski definition) is 1. The van der Waals surface area contributed by atoms with E-state index >= 15 is 0 Å². The van der Waals surface area contributed by atoms with E-state index < -0.39 is 0 Å². The predicted octanol–water partition coefficient (Wildman–Crippen LogP) is 3.46. The maximum atomic E-state index is 4.64. The Balaban J connectivity index is 1.89. The monoisotopic (exact) mass is 267 g/mol. The minimum Gasteiger partial charge on any atom is -0.373 e. The molecule has 0 aliphatic carbocycles. The summed E-state index contributed by atoms with van der Waals surface area (Å²) in [5.41, 5.74) is 3.93. The van der Waals surface area contributed by atoms with E-state index in [1.165, 1.54) is 24.1 Å². The van der Waals surface area contributed by atoms with E-state index in [1.54, 1.807) is 0 Å². The van der Waals surface area contributed by atoms with Crippen LogP contribution in [0.2, 0.25) is 0 Å². The molecule has 3 rings (SSSR count). The fourth-order valence-corrected chi connectivity index (χ4v) is 2.88. The number of nitrogens with zero attached hydrogens (tertiary/aromatic N) is 2. The van der Waals surface area contributed by atoms with Gasteiger partial charge in [0, 0.05) is 18.8 Å². The molecule has 104 valence electrons. The summed E-state index contributed by atoms with van der Waals surface area (Å²) in [7, 11) is 1.91. The smallest absolute Gasteiger partial charge is 0.126 e. The first kappa shape index (κ1) is 13.0. The third-order valence-corrected chi connectivity index (χ3v) is 4.06.